The number of benzene rings is 1. The van der Waals surface area contributed by atoms with Crippen LogP contribution in [0.15, 0.2) is 61.1 Å². The molecule has 2 fully saturated rings. The number of nitrogens with zero attached hydrogens (tertiary/aromatic N) is 4. The number of carbonyl (C=O) groups is 1. The first kappa shape index (κ1) is 23.7. The van der Waals surface area contributed by atoms with Gasteiger partial charge in [0.2, 0.25) is 5.95 Å². The maximum Gasteiger partial charge on any atom is 0.253 e. The molecular formula is C25H27FN6O2S. The standard InChI is InChI=1S/C25H27FN6O2S/c1-24(2,34)20-19(26)12-28-22(29-20)32-13-18-14-35-23(30-21(33)16-7-4-3-5-8-16)31-25(18,15-32)17-9-6-10-27-11-17/h3-12,18,23,31,34H,13-15H2,1-2H3,(H,30,33)/t18-,23?,25+/m0/s1. The van der Waals surface area contributed by atoms with Crippen LogP contribution in [-0.4, -0.2) is 50.3 Å². The topological polar surface area (TPSA) is 103 Å². The summed E-state index contributed by atoms with van der Waals surface area (Å²) in [5.41, 5.74) is -0.726. The number of aliphatic hydroxyl groups is 1. The molecule has 1 unspecified atom stereocenters. The highest BCUT2D eigenvalue weighted by Gasteiger charge is 2.52. The molecule has 2 aliphatic rings. The van der Waals surface area contributed by atoms with E-state index in [0.29, 0.717) is 24.6 Å². The third kappa shape index (κ3) is 4.61. The lowest BCUT2D eigenvalue weighted by molar-refractivity contribution is 0.0693. The maximum absolute atomic E-state index is 14.3. The monoisotopic (exact) mass is 494 g/mol. The number of hydrogen-bond donors (Lipinski definition) is 3. The number of nitrogens with one attached hydrogen (secondary N) is 2. The van der Waals surface area contributed by atoms with Gasteiger partial charge in [-0.3, -0.25) is 15.1 Å². The first-order valence-corrected chi connectivity index (χ1v) is 12.5. The van der Waals surface area contributed by atoms with E-state index < -0.39 is 17.0 Å². The predicted octanol–water partition coefficient (Wildman–Crippen LogP) is 2.62. The average Bonchev–Trinajstić information content (AvgIpc) is 3.25. The summed E-state index contributed by atoms with van der Waals surface area (Å²) in [6.45, 7) is 4.13. The Labute approximate surface area is 207 Å². The Morgan fingerprint density at radius 2 is 2.06 bits per heavy atom. The molecule has 0 radical (unpaired) electrons. The molecule has 8 nitrogen and oxygen atoms in total. The van der Waals surface area contributed by atoms with Crippen molar-refractivity contribution in [2.24, 2.45) is 5.92 Å². The molecule has 3 atom stereocenters. The first-order valence-electron chi connectivity index (χ1n) is 11.4. The Bertz CT molecular complexity index is 1210. The molecule has 0 bridgehead atoms. The van der Waals surface area contributed by atoms with Gasteiger partial charge < -0.3 is 15.3 Å². The Balaban J connectivity index is 1.45. The van der Waals surface area contributed by atoms with Crippen LogP contribution < -0.4 is 15.5 Å². The molecule has 2 aromatic heterocycles. The molecule has 182 valence electrons. The highest BCUT2D eigenvalue weighted by Crippen LogP contribution is 2.44. The number of hydrogen-bond acceptors (Lipinski definition) is 8. The second kappa shape index (κ2) is 9.18. The molecule has 0 aliphatic carbocycles. The number of amides is 1. The number of aromatic nitrogens is 3. The smallest absolute Gasteiger partial charge is 0.253 e. The fourth-order valence-electron chi connectivity index (χ4n) is 4.76. The number of thioether (sulfide) groups is 1. The highest BCUT2D eigenvalue weighted by molar-refractivity contribution is 7.99. The summed E-state index contributed by atoms with van der Waals surface area (Å²) in [7, 11) is 0. The van der Waals surface area contributed by atoms with Crippen molar-refractivity contribution in [2.75, 3.05) is 23.7 Å². The molecule has 3 N–H and O–H groups in total. The second-order valence-electron chi connectivity index (χ2n) is 9.41. The quantitative estimate of drug-likeness (QED) is 0.498. The molecule has 0 saturated carbocycles. The van der Waals surface area contributed by atoms with E-state index in [0.717, 1.165) is 17.5 Å². The number of anilines is 1. The number of rotatable bonds is 5. The Morgan fingerprint density at radius 3 is 2.77 bits per heavy atom. The van der Waals surface area contributed by atoms with Crippen molar-refractivity contribution in [3.05, 3.63) is 83.7 Å². The molecule has 0 spiro atoms. The SMILES string of the molecule is CC(C)(O)c1nc(N2C[C@H]3CSC(NC(=O)c4ccccc4)N[C@@]3(c3cccnc3)C2)ncc1F. The zero-order chi connectivity index (χ0) is 24.6. The van der Waals surface area contributed by atoms with Crippen molar-refractivity contribution in [1.29, 1.82) is 0 Å². The first-order chi connectivity index (χ1) is 16.8. The normalized spacial score (nSPS) is 24.2. The Kier molecular flexibility index (Phi) is 6.20. The van der Waals surface area contributed by atoms with E-state index in [4.69, 9.17) is 0 Å². The summed E-state index contributed by atoms with van der Waals surface area (Å²) < 4.78 is 14.3. The zero-order valence-electron chi connectivity index (χ0n) is 19.5. The van der Waals surface area contributed by atoms with Crippen LogP contribution >= 0.6 is 11.8 Å². The van der Waals surface area contributed by atoms with Gasteiger partial charge in [-0.05, 0) is 37.6 Å². The van der Waals surface area contributed by atoms with E-state index in [9.17, 15) is 14.3 Å². The molecule has 3 aromatic rings. The van der Waals surface area contributed by atoms with E-state index in [1.165, 1.54) is 13.8 Å². The van der Waals surface area contributed by atoms with Crippen LogP contribution in [0, 0.1) is 11.7 Å². The van der Waals surface area contributed by atoms with E-state index >= 15 is 0 Å². The lowest BCUT2D eigenvalue weighted by Gasteiger charge is -2.43. The van der Waals surface area contributed by atoms with Crippen molar-refractivity contribution in [3.63, 3.8) is 0 Å². The summed E-state index contributed by atoms with van der Waals surface area (Å²) in [6, 6.07) is 13.0. The fourth-order valence-corrected chi connectivity index (χ4v) is 6.06. The van der Waals surface area contributed by atoms with Crippen LogP contribution in [0.2, 0.25) is 0 Å². The number of fused-ring (bicyclic) bond motifs is 1. The van der Waals surface area contributed by atoms with Gasteiger partial charge in [0.05, 0.1) is 11.7 Å². The van der Waals surface area contributed by atoms with Crippen molar-refractivity contribution in [3.8, 4) is 0 Å². The minimum Gasteiger partial charge on any atom is -0.384 e. The highest BCUT2D eigenvalue weighted by atomic mass is 32.2. The average molecular weight is 495 g/mol. The molecule has 4 heterocycles. The summed E-state index contributed by atoms with van der Waals surface area (Å²) in [4.78, 5) is 27.8. The summed E-state index contributed by atoms with van der Waals surface area (Å²) in [6.07, 6.45) is 4.68. The van der Waals surface area contributed by atoms with Gasteiger partial charge in [0.15, 0.2) is 5.82 Å². The van der Waals surface area contributed by atoms with Crippen LogP contribution in [0.4, 0.5) is 10.3 Å². The van der Waals surface area contributed by atoms with Crippen molar-refractivity contribution in [2.45, 2.75) is 30.5 Å². The van der Waals surface area contributed by atoms with Gasteiger partial charge in [-0.2, -0.15) is 0 Å². The van der Waals surface area contributed by atoms with Crippen LogP contribution in [0.5, 0.6) is 0 Å². The Morgan fingerprint density at radius 1 is 1.26 bits per heavy atom. The molecule has 10 heteroatoms. The Hall–Kier alpha value is -3.08. The number of halogens is 1. The number of pyridine rings is 1. The largest absolute Gasteiger partial charge is 0.384 e. The van der Waals surface area contributed by atoms with Gasteiger partial charge in [0.25, 0.3) is 5.91 Å². The maximum atomic E-state index is 14.3. The van der Waals surface area contributed by atoms with E-state index in [2.05, 4.69) is 25.6 Å². The van der Waals surface area contributed by atoms with Crippen molar-refractivity contribution < 1.29 is 14.3 Å². The lowest BCUT2D eigenvalue weighted by atomic mass is 9.82. The van der Waals surface area contributed by atoms with E-state index in [1.54, 1.807) is 30.1 Å². The van der Waals surface area contributed by atoms with Gasteiger partial charge in [-0.25, -0.2) is 14.4 Å². The van der Waals surface area contributed by atoms with Crippen LogP contribution in [0.3, 0.4) is 0 Å². The van der Waals surface area contributed by atoms with Gasteiger partial charge in [0, 0.05) is 42.7 Å². The third-order valence-corrected chi connectivity index (χ3v) is 7.66. The molecular weight excluding hydrogens is 467 g/mol. The van der Waals surface area contributed by atoms with Gasteiger partial charge in [-0.1, -0.05) is 24.3 Å². The predicted molar refractivity (Wildman–Crippen MR) is 132 cm³/mol. The van der Waals surface area contributed by atoms with Crippen molar-refractivity contribution >= 4 is 23.6 Å². The minimum atomic E-state index is -1.43. The van der Waals surface area contributed by atoms with E-state index in [1.807, 2.05) is 41.4 Å². The van der Waals surface area contributed by atoms with Crippen LogP contribution in [0.25, 0.3) is 0 Å². The summed E-state index contributed by atoms with van der Waals surface area (Å²) in [5.74, 6) is 0.496. The second-order valence-corrected chi connectivity index (χ2v) is 10.6. The number of carbonyl (C=O) groups excluding carboxylic acids is 1. The molecule has 35 heavy (non-hydrogen) atoms. The van der Waals surface area contributed by atoms with Gasteiger partial charge in [-0.15, -0.1) is 11.8 Å². The molecule has 2 aliphatic heterocycles. The van der Waals surface area contributed by atoms with Gasteiger partial charge >= 0.3 is 0 Å². The van der Waals surface area contributed by atoms with Gasteiger partial charge in [0.1, 0.15) is 16.8 Å². The zero-order valence-corrected chi connectivity index (χ0v) is 20.3. The summed E-state index contributed by atoms with van der Waals surface area (Å²) in [5, 5.41) is 17.1. The molecule has 2 saturated heterocycles. The van der Waals surface area contributed by atoms with Crippen LogP contribution in [0.1, 0.15) is 35.5 Å². The lowest BCUT2D eigenvalue weighted by Crippen LogP contribution is -2.61. The molecule has 1 amide bonds. The fraction of sp³-hybridized carbons (Fsp3) is 0.360. The summed E-state index contributed by atoms with van der Waals surface area (Å²) >= 11 is 1.63. The van der Waals surface area contributed by atoms with Crippen molar-refractivity contribution in [1.82, 2.24) is 25.6 Å². The molecule has 1 aromatic carbocycles. The third-order valence-electron chi connectivity index (χ3n) is 6.50. The van der Waals surface area contributed by atoms with Crippen LogP contribution in [-0.2, 0) is 11.1 Å². The molecule has 5 rings (SSSR count). The minimum absolute atomic E-state index is 0.0388. The van der Waals surface area contributed by atoms with E-state index in [-0.39, 0.29) is 23.0 Å².